The number of rotatable bonds is 5. The van der Waals surface area contributed by atoms with Crippen LogP contribution < -0.4 is 4.74 Å². The van der Waals surface area contributed by atoms with Crippen LogP contribution in [-0.2, 0) is 6.42 Å². The molecule has 104 valence electrons. The van der Waals surface area contributed by atoms with Gasteiger partial charge >= 0.3 is 0 Å². The highest BCUT2D eigenvalue weighted by Gasteiger charge is 2.05. The van der Waals surface area contributed by atoms with Gasteiger partial charge in [-0.05, 0) is 36.2 Å². The van der Waals surface area contributed by atoms with Crippen molar-refractivity contribution in [3.05, 3.63) is 69.5 Å². The highest BCUT2D eigenvalue weighted by molar-refractivity contribution is 5.34. The molecule has 0 aliphatic rings. The second-order valence-electron chi connectivity index (χ2n) is 4.43. The van der Waals surface area contributed by atoms with E-state index in [1.54, 1.807) is 25.1 Å². The van der Waals surface area contributed by atoms with Gasteiger partial charge in [0.05, 0.1) is 11.5 Å². The molecule has 0 amide bonds. The van der Waals surface area contributed by atoms with Crippen molar-refractivity contribution in [2.24, 2.45) is 0 Å². The molecule has 0 atom stereocenters. The topological polar surface area (TPSA) is 52.4 Å². The number of ether oxygens (including phenoxy) is 1. The SMILES string of the molecule is Cc1cc(F)ccc1OCCc1ccc([N+](=O)[O-])cc1. The Kier molecular flexibility index (Phi) is 4.30. The smallest absolute Gasteiger partial charge is 0.269 e. The molecule has 0 saturated heterocycles. The summed E-state index contributed by atoms with van der Waals surface area (Å²) in [6, 6.07) is 10.7. The molecule has 2 aromatic rings. The van der Waals surface area contributed by atoms with Crippen molar-refractivity contribution in [2.45, 2.75) is 13.3 Å². The zero-order valence-corrected chi connectivity index (χ0v) is 11.0. The van der Waals surface area contributed by atoms with E-state index in [2.05, 4.69) is 0 Å². The summed E-state index contributed by atoms with van der Waals surface area (Å²) < 4.78 is 18.5. The number of benzene rings is 2. The Hall–Kier alpha value is -2.43. The molecule has 4 nitrogen and oxygen atoms in total. The van der Waals surface area contributed by atoms with Crippen molar-refractivity contribution >= 4 is 5.69 Å². The van der Waals surface area contributed by atoms with E-state index < -0.39 is 4.92 Å². The minimum Gasteiger partial charge on any atom is -0.493 e. The summed E-state index contributed by atoms with van der Waals surface area (Å²) in [5, 5.41) is 10.5. The monoisotopic (exact) mass is 275 g/mol. The summed E-state index contributed by atoms with van der Waals surface area (Å²) in [6.07, 6.45) is 0.634. The fourth-order valence-electron chi connectivity index (χ4n) is 1.84. The largest absolute Gasteiger partial charge is 0.493 e. The number of non-ortho nitro benzene ring substituents is 1. The summed E-state index contributed by atoms with van der Waals surface area (Å²) in [6.45, 7) is 2.22. The molecule has 0 saturated carbocycles. The molecular formula is C15H14FNO3. The Labute approximate surface area is 116 Å². The van der Waals surface area contributed by atoms with Gasteiger partial charge in [-0.3, -0.25) is 10.1 Å². The van der Waals surface area contributed by atoms with Gasteiger partial charge in [0, 0.05) is 18.6 Å². The number of nitro benzene ring substituents is 1. The second-order valence-corrected chi connectivity index (χ2v) is 4.43. The average molecular weight is 275 g/mol. The van der Waals surface area contributed by atoms with Crippen LogP contribution in [0.3, 0.4) is 0 Å². The van der Waals surface area contributed by atoms with Gasteiger partial charge in [-0.1, -0.05) is 12.1 Å². The predicted molar refractivity (Wildman–Crippen MR) is 73.4 cm³/mol. The zero-order valence-electron chi connectivity index (χ0n) is 11.0. The van der Waals surface area contributed by atoms with Gasteiger partial charge in [0.15, 0.2) is 0 Å². The third-order valence-corrected chi connectivity index (χ3v) is 2.93. The third-order valence-electron chi connectivity index (χ3n) is 2.93. The fourth-order valence-corrected chi connectivity index (χ4v) is 1.84. The molecule has 0 spiro atoms. The normalized spacial score (nSPS) is 10.3. The number of hydrogen-bond donors (Lipinski definition) is 0. The molecular weight excluding hydrogens is 261 g/mol. The molecule has 0 radical (unpaired) electrons. The maximum absolute atomic E-state index is 12.9. The van der Waals surface area contributed by atoms with E-state index in [1.807, 2.05) is 0 Å². The first-order valence-electron chi connectivity index (χ1n) is 6.18. The van der Waals surface area contributed by atoms with E-state index in [0.717, 1.165) is 11.1 Å². The summed E-state index contributed by atoms with van der Waals surface area (Å²) in [5.74, 6) is 0.360. The zero-order chi connectivity index (χ0) is 14.5. The average Bonchev–Trinajstić information content (AvgIpc) is 2.42. The first-order valence-corrected chi connectivity index (χ1v) is 6.18. The number of halogens is 1. The molecule has 0 aliphatic heterocycles. The molecule has 5 heteroatoms. The Balaban J connectivity index is 1.91. The molecule has 2 aromatic carbocycles. The molecule has 2 rings (SSSR count). The minimum absolute atomic E-state index is 0.0732. The van der Waals surface area contributed by atoms with E-state index in [9.17, 15) is 14.5 Å². The number of hydrogen-bond acceptors (Lipinski definition) is 3. The van der Waals surface area contributed by atoms with Crippen molar-refractivity contribution in [3.8, 4) is 5.75 Å². The predicted octanol–water partition coefficient (Wildman–Crippen LogP) is 3.66. The van der Waals surface area contributed by atoms with Gasteiger partial charge in [0.25, 0.3) is 5.69 Å². The van der Waals surface area contributed by atoms with Gasteiger partial charge in [0.2, 0.25) is 0 Å². The van der Waals surface area contributed by atoms with E-state index in [-0.39, 0.29) is 11.5 Å². The van der Waals surface area contributed by atoms with Crippen LogP contribution in [0.2, 0.25) is 0 Å². The summed E-state index contributed by atoms with van der Waals surface area (Å²) in [4.78, 5) is 10.1. The molecule has 0 unspecified atom stereocenters. The van der Waals surface area contributed by atoms with Crippen molar-refractivity contribution in [3.63, 3.8) is 0 Å². The van der Waals surface area contributed by atoms with Crippen LogP contribution in [-0.4, -0.2) is 11.5 Å². The lowest BCUT2D eigenvalue weighted by molar-refractivity contribution is -0.384. The third kappa shape index (κ3) is 3.54. The van der Waals surface area contributed by atoms with Crippen molar-refractivity contribution < 1.29 is 14.1 Å². The quantitative estimate of drug-likeness (QED) is 0.618. The first kappa shape index (κ1) is 14.0. The van der Waals surface area contributed by atoms with Gasteiger partial charge in [-0.15, -0.1) is 0 Å². The van der Waals surface area contributed by atoms with Crippen LogP contribution in [0.25, 0.3) is 0 Å². The number of nitrogens with zero attached hydrogens (tertiary/aromatic N) is 1. The second kappa shape index (κ2) is 6.14. The minimum atomic E-state index is -0.428. The Morgan fingerprint density at radius 1 is 1.20 bits per heavy atom. The lowest BCUT2D eigenvalue weighted by atomic mass is 10.1. The molecule has 0 fully saturated rings. The molecule has 0 N–H and O–H groups in total. The molecule has 0 aliphatic carbocycles. The lowest BCUT2D eigenvalue weighted by Crippen LogP contribution is -2.02. The van der Waals surface area contributed by atoms with Crippen LogP contribution >= 0.6 is 0 Å². The molecule has 20 heavy (non-hydrogen) atoms. The maximum Gasteiger partial charge on any atom is 0.269 e. The van der Waals surface area contributed by atoms with Crippen molar-refractivity contribution in [1.29, 1.82) is 0 Å². The molecule has 0 bridgehead atoms. The van der Waals surface area contributed by atoms with Crippen LogP contribution in [0.5, 0.6) is 5.75 Å². The number of nitro groups is 1. The van der Waals surface area contributed by atoms with Gasteiger partial charge in [-0.2, -0.15) is 0 Å². The summed E-state index contributed by atoms with van der Waals surface area (Å²) in [7, 11) is 0. The van der Waals surface area contributed by atoms with Crippen molar-refractivity contribution in [2.75, 3.05) is 6.61 Å². The van der Waals surface area contributed by atoms with Crippen LogP contribution in [0.1, 0.15) is 11.1 Å². The van der Waals surface area contributed by atoms with Crippen LogP contribution in [0.15, 0.2) is 42.5 Å². The highest BCUT2D eigenvalue weighted by atomic mass is 19.1. The van der Waals surface area contributed by atoms with Gasteiger partial charge < -0.3 is 4.74 Å². The van der Waals surface area contributed by atoms with E-state index in [0.29, 0.717) is 18.8 Å². The highest BCUT2D eigenvalue weighted by Crippen LogP contribution is 2.19. The van der Waals surface area contributed by atoms with Crippen molar-refractivity contribution in [1.82, 2.24) is 0 Å². The van der Waals surface area contributed by atoms with Gasteiger partial charge in [0.1, 0.15) is 11.6 Å². The van der Waals surface area contributed by atoms with Gasteiger partial charge in [-0.25, -0.2) is 4.39 Å². The van der Waals surface area contributed by atoms with E-state index in [1.165, 1.54) is 24.3 Å². The maximum atomic E-state index is 12.9. The molecule has 0 heterocycles. The Morgan fingerprint density at radius 3 is 2.50 bits per heavy atom. The van der Waals surface area contributed by atoms with E-state index >= 15 is 0 Å². The summed E-state index contributed by atoms with van der Waals surface area (Å²) >= 11 is 0. The Morgan fingerprint density at radius 2 is 1.90 bits per heavy atom. The van der Waals surface area contributed by atoms with E-state index in [4.69, 9.17) is 4.74 Å². The number of aryl methyl sites for hydroxylation is 1. The first-order chi connectivity index (χ1) is 9.56. The van der Waals surface area contributed by atoms with Crippen LogP contribution in [0, 0.1) is 22.9 Å². The molecule has 0 aromatic heterocycles. The Bertz CT molecular complexity index is 611. The summed E-state index contributed by atoms with van der Waals surface area (Å²) in [5.41, 5.74) is 1.77. The van der Waals surface area contributed by atoms with Crippen LogP contribution in [0.4, 0.5) is 10.1 Å². The fraction of sp³-hybridized carbons (Fsp3) is 0.200. The standard InChI is InChI=1S/C15H14FNO3/c1-11-10-13(16)4-7-15(11)20-9-8-12-2-5-14(6-3-12)17(18)19/h2-7,10H,8-9H2,1H3. The lowest BCUT2D eigenvalue weighted by Gasteiger charge is -2.09.